The lowest BCUT2D eigenvalue weighted by molar-refractivity contribution is 0.166. The lowest BCUT2D eigenvalue weighted by Gasteiger charge is -2.24. The highest BCUT2D eigenvalue weighted by Gasteiger charge is 2.56. The van der Waals surface area contributed by atoms with Gasteiger partial charge in [0.2, 0.25) is 11.8 Å². The number of anilines is 1. The average Bonchev–Trinajstić information content (AvgIpc) is 3.20. The van der Waals surface area contributed by atoms with Crippen LogP contribution < -0.4 is 4.90 Å². The smallest absolute Gasteiger partial charge is 0.227 e. The van der Waals surface area contributed by atoms with E-state index < -0.39 is 17.0 Å². The molecule has 8 heteroatoms. The maximum Gasteiger partial charge on any atom is 0.227 e. The number of aryl methyl sites for hydroxylation is 1. The molecule has 0 bridgehead atoms. The fraction of sp³-hybridized carbons (Fsp3) is 0.438. The minimum Gasteiger partial charge on any atom is -0.425 e. The van der Waals surface area contributed by atoms with Crippen LogP contribution in [-0.4, -0.2) is 36.5 Å². The molecule has 6 nitrogen and oxygen atoms in total. The summed E-state index contributed by atoms with van der Waals surface area (Å²) in [6.45, 7) is 3.28. The van der Waals surface area contributed by atoms with Gasteiger partial charge in [-0.1, -0.05) is 0 Å². The Labute approximate surface area is 136 Å². The maximum atomic E-state index is 14.3. The number of fused-ring (bicyclic) bond motifs is 1. The van der Waals surface area contributed by atoms with Gasteiger partial charge in [-0.2, -0.15) is 5.26 Å². The zero-order valence-electron chi connectivity index (χ0n) is 12.9. The second kappa shape index (κ2) is 5.24. The van der Waals surface area contributed by atoms with Gasteiger partial charge in [0.25, 0.3) is 0 Å². The molecule has 1 aromatic carbocycles. The van der Waals surface area contributed by atoms with Crippen LogP contribution in [0.25, 0.3) is 0 Å². The van der Waals surface area contributed by atoms with Gasteiger partial charge in [0.05, 0.1) is 30.3 Å². The Balaban J connectivity index is 1.73. The Morgan fingerprint density at radius 2 is 2.08 bits per heavy atom. The molecule has 3 heterocycles. The van der Waals surface area contributed by atoms with Crippen LogP contribution in [0.15, 0.2) is 16.5 Å². The maximum absolute atomic E-state index is 14.3. The molecule has 2 saturated heterocycles. The number of hydrogen-bond acceptors (Lipinski definition) is 6. The summed E-state index contributed by atoms with van der Waals surface area (Å²) in [4.78, 5) is 1.64. The third kappa shape index (κ3) is 2.08. The van der Waals surface area contributed by atoms with Crippen molar-refractivity contribution in [2.45, 2.75) is 12.3 Å². The molecule has 124 valence electrons. The molecule has 2 fully saturated rings. The van der Waals surface area contributed by atoms with Crippen LogP contribution >= 0.6 is 0 Å². The Morgan fingerprint density at radius 3 is 2.71 bits per heavy atom. The van der Waals surface area contributed by atoms with Gasteiger partial charge in [0.1, 0.15) is 5.69 Å². The molecule has 0 spiro atoms. The van der Waals surface area contributed by atoms with E-state index in [1.54, 1.807) is 17.9 Å². The summed E-state index contributed by atoms with van der Waals surface area (Å²) in [6.07, 6.45) is 0. The van der Waals surface area contributed by atoms with Crippen LogP contribution in [0.1, 0.15) is 17.3 Å². The number of aromatic nitrogens is 2. The summed E-state index contributed by atoms with van der Waals surface area (Å²) in [6, 6.07) is 3.85. The van der Waals surface area contributed by atoms with Crippen molar-refractivity contribution >= 4 is 5.69 Å². The predicted octanol–water partition coefficient (Wildman–Crippen LogP) is 1.93. The standard InChI is InChI=1S/C16H14F2N4O2/c1-9-20-21-15(24-9)16-7-22(5-11(16)6-23-8-16)14-12(17)2-10(4-19)3-13(14)18/h2-3,11H,5-8H2,1H3/t11-,16-/m0/s1. The molecular weight excluding hydrogens is 318 g/mol. The number of hydrogen-bond donors (Lipinski definition) is 0. The average molecular weight is 332 g/mol. The van der Waals surface area contributed by atoms with Gasteiger partial charge >= 0.3 is 0 Å². The summed E-state index contributed by atoms with van der Waals surface area (Å²) in [5.74, 6) is -0.598. The molecule has 0 amide bonds. The van der Waals surface area contributed by atoms with Crippen molar-refractivity contribution in [2.24, 2.45) is 5.92 Å². The summed E-state index contributed by atoms with van der Waals surface area (Å²) in [5.41, 5.74) is -0.730. The SMILES string of the molecule is Cc1nnc([C@@]23COC[C@@H]2CN(c2c(F)cc(C#N)cc2F)C3)o1. The minimum absolute atomic E-state index is 0.00629. The van der Waals surface area contributed by atoms with E-state index >= 15 is 0 Å². The quantitative estimate of drug-likeness (QED) is 0.836. The summed E-state index contributed by atoms with van der Waals surface area (Å²) < 4.78 is 39.9. The summed E-state index contributed by atoms with van der Waals surface area (Å²) >= 11 is 0. The van der Waals surface area contributed by atoms with Gasteiger partial charge in [0.15, 0.2) is 11.6 Å². The lowest BCUT2D eigenvalue weighted by atomic mass is 9.81. The molecule has 2 aromatic rings. The number of nitrogens with zero attached hydrogens (tertiary/aromatic N) is 4. The fourth-order valence-corrected chi connectivity index (χ4v) is 3.64. The topological polar surface area (TPSA) is 75.2 Å². The lowest BCUT2D eigenvalue weighted by Crippen LogP contribution is -2.36. The van der Waals surface area contributed by atoms with Crippen LogP contribution in [0.2, 0.25) is 0 Å². The van der Waals surface area contributed by atoms with E-state index in [-0.39, 0.29) is 17.2 Å². The molecule has 2 aliphatic heterocycles. The van der Waals surface area contributed by atoms with Gasteiger partial charge in [-0.3, -0.25) is 0 Å². The number of rotatable bonds is 2. The zero-order valence-corrected chi connectivity index (χ0v) is 12.9. The van der Waals surface area contributed by atoms with Crippen LogP contribution in [-0.2, 0) is 10.2 Å². The van der Waals surface area contributed by atoms with E-state index in [1.165, 1.54) is 0 Å². The van der Waals surface area contributed by atoms with Crippen molar-refractivity contribution < 1.29 is 17.9 Å². The van der Waals surface area contributed by atoms with Gasteiger partial charge < -0.3 is 14.1 Å². The molecule has 0 saturated carbocycles. The Kier molecular flexibility index (Phi) is 3.28. The second-order valence-electron chi connectivity index (χ2n) is 6.28. The third-order valence-corrected chi connectivity index (χ3v) is 4.79. The van der Waals surface area contributed by atoms with E-state index in [2.05, 4.69) is 10.2 Å². The summed E-state index contributed by atoms with van der Waals surface area (Å²) in [5, 5.41) is 16.8. The van der Waals surface area contributed by atoms with Crippen molar-refractivity contribution in [1.82, 2.24) is 10.2 Å². The first-order valence-electron chi connectivity index (χ1n) is 7.56. The van der Waals surface area contributed by atoms with Crippen molar-refractivity contribution in [1.29, 1.82) is 5.26 Å². The van der Waals surface area contributed by atoms with Crippen molar-refractivity contribution in [2.75, 3.05) is 31.2 Å². The summed E-state index contributed by atoms with van der Waals surface area (Å²) in [7, 11) is 0. The van der Waals surface area contributed by atoms with Crippen LogP contribution in [0.4, 0.5) is 14.5 Å². The van der Waals surface area contributed by atoms with Gasteiger partial charge in [-0.05, 0) is 12.1 Å². The molecule has 0 aliphatic carbocycles. The first-order valence-corrected chi connectivity index (χ1v) is 7.56. The highest BCUT2D eigenvalue weighted by Crippen LogP contribution is 2.45. The molecule has 0 radical (unpaired) electrons. The van der Waals surface area contributed by atoms with E-state index in [1.807, 2.05) is 0 Å². The van der Waals surface area contributed by atoms with E-state index in [9.17, 15) is 8.78 Å². The largest absolute Gasteiger partial charge is 0.425 e. The predicted molar refractivity (Wildman–Crippen MR) is 78.3 cm³/mol. The first-order chi connectivity index (χ1) is 11.5. The molecule has 2 aliphatic rings. The third-order valence-electron chi connectivity index (χ3n) is 4.79. The van der Waals surface area contributed by atoms with E-state index in [0.29, 0.717) is 38.1 Å². The van der Waals surface area contributed by atoms with E-state index in [0.717, 1.165) is 12.1 Å². The van der Waals surface area contributed by atoms with Crippen molar-refractivity contribution in [3.05, 3.63) is 41.1 Å². The number of nitriles is 1. The highest BCUT2D eigenvalue weighted by atomic mass is 19.1. The highest BCUT2D eigenvalue weighted by molar-refractivity contribution is 5.55. The van der Waals surface area contributed by atoms with Gasteiger partial charge in [-0.25, -0.2) is 8.78 Å². The molecule has 2 atom stereocenters. The molecule has 0 N–H and O–H groups in total. The zero-order chi connectivity index (χ0) is 16.9. The molecular formula is C16H14F2N4O2. The normalized spacial score (nSPS) is 25.8. The Hall–Kier alpha value is -2.53. The van der Waals surface area contributed by atoms with Crippen LogP contribution in [0, 0.1) is 35.8 Å². The molecule has 4 rings (SSSR count). The Morgan fingerprint density at radius 1 is 1.33 bits per heavy atom. The fourth-order valence-electron chi connectivity index (χ4n) is 3.64. The molecule has 0 unspecified atom stereocenters. The van der Waals surface area contributed by atoms with Crippen LogP contribution in [0.3, 0.4) is 0 Å². The van der Waals surface area contributed by atoms with Crippen LogP contribution in [0.5, 0.6) is 0 Å². The number of halogens is 2. The van der Waals surface area contributed by atoms with Gasteiger partial charge in [-0.15, -0.1) is 10.2 Å². The number of benzene rings is 1. The monoisotopic (exact) mass is 332 g/mol. The van der Waals surface area contributed by atoms with Crippen molar-refractivity contribution in [3.63, 3.8) is 0 Å². The molecule has 1 aromatic heterocycles. The minimum atomic E-state index is -0.746. The van der Waals surface area contributed by atoms with E-state index in [4.69, 9.17) is 14.4 Å². The van der Waals surface area contributed by atoms with Crippen molar-refractivity contribution in [3.8, 4) is 6.07 Å². The number of ether oxygens (including phenoxy) is 1. The second-order valence-corrected chi connectivity index (χ2v) is 6.28. The first kappa shape index (κ1) is 15.0. The van der Waals surface area contributed by atoms with Gasteiger partial charge in [0, 0.05) is 25.9 Å². The Bertz CT molecular complexity index is 824. The molecule has 24 heavy (non-hydrogen) atoms.